The number of halogens is 2. The number of thiophene rings is 1. The molecular weight excluding hydrogens is 715 g/mol. The zero-order chi connectivity index (χ0) is 34.2. The van der Waals surface area contributed by atoms with E-state index in [2.05, 4.69) is 35.9 Å². The maximum atomic E-state index is 13.6. The van der Waals surface area contributed by atoms with E-state index in [4.69, 9.17) is 18.9 Å². The van der Waals surface area contributed by atoms with Crippen LogP contribution in [0, 0.1) is 5.82 Å². The Labute approximate surface area is 293 Å². The fourth-order valence-corrected chi connectivity index (χ4v) is 6.99. The predicted molar refractivity (Wildman–Crippen MR) is 186 cm³/mol. The zero-order valence-corrected chi connectivity index (χ0v) is 28.6. The molecule has 3 aromatic heterocycles. The normalized spacial score (nSPS) is 11.7. The number of para-hydroxylation sites is 2. The van der Waals surface area contributed by atoms with Crippen molar-refractivity contribution in [3.63, 3.8) is 0 Å². The molecule has 0 spiro atoms. The van der Waals surface area contributed by atoms with Crippen LogP contribution in [0.4, 0.5) is 4.39 Å². The molecule has 250 valence electrons. The standard InChI is InChI=1S/C36H30BrFN4O6S/c1-2-45-36(44)29(48-34-30-31(37)32(49-35(30)41-21-40-34)22-11-13-24(38)14-12-22)19-23-7-3-5-9-27(23)47-20-25-15-16-39-33(42-25)26-8-4-6-10-28(26)46-18-17-43/h3-16,21,29,43H,2,17-20H2,1H3/t29-/m1/s1. The van der Waals surface area contributed by atoms with Gasteiger partial charge in [0.25, 0.3) is 0 Å². The number of benzene rings is 3. The number of hydrogen-bond donors (Lipinski definition) is 1. The minimum absolute atomic E-state index is 0.113. The van der Waals surface area contributed by atoms with Crippen molar-refractivity contribution >= 4 is 43.5 Å². The Hall–Kier alpha value is -4.98. The Bertz CT molecular complexity index is 2060. The molecule has 0 saturated heterocycles. The average Bonchev–Trinajstić information content (AvgIpc) is 3.47. The molecule has 0 saturated carbocycles. The highest BCUT2D eigenvalue weighted by Gasteiger charge is 2.27. The Balaban J connectivity index is 1.24. The Morgan fingerprint density at radius 1 is 0.959 bits per heavy atom. The van der Waals surface area contributed by atoms with Gasteiger partial charge in [-0.15, -0.1) is 11.3 Å². The van der Waals surface area contributed by atoms with Crippen LogP contribution < -0.4 is 14.2 Å². The van der Waals surface area contributed by atoms with Crippen LogP contribution in [0.5, 0.6) is 17.4 Å². The third-order valence-electron chi connectivity index (χ3n) is 7.25. The molecule has 0 amide bonds. The highest BCUT2D eigenvalue weighted by atomic mass is 79.9. The molecule has 0 unspecified atom stereocenters. The lowest BCUT2D eigenvalue weighted by atomic mass is 10.1. The van der Waals surface area contributed by atoms with Gasteiger partial charge in [-0.2, -0.15) is 0 Å². The second kappa shape index (κ2) is 15.9. The molecule has 6 rings (SSSR count). The number of aliphatic hydroxyl groups is 1. The Morgan fingerprint density at radius 2 is 1.73 bits per heavy atom. The van der Waals surface area contributed by atoms with Crippen molar-refractivity contribution < 1.29 is 33.2 Å². The van der Waals surface area contributed by atoms with E-state index in [-0.39, 0.29) is 44.5 Å². The molecule has 1 atom stereocenters. The van der Waals surface area contributed by atoms with Gasteiger partial charge in [-0.3, -0.25) is 0 Å². The summed E-state index contributed by atoms with van der Waals surface area (Å²) in [4.78, 5) is 32.6. The van der Waals surface area contributed by atoms with Crippen LogP contribution in [0.25, 0.3) is 32.0 Å². The van der Waals surface area contributed by atoms with Crippen LogP contribution in [-0.4, -0.2) is 56.9 Å². The molecule has 6 aromatic rings. The lowest BCUT2D eigenvalue weighted by Crippen LogP contribution is -2.32. The molecule has 1 N–H and O–H groups in total. The molecule has 0 aliphatic carbocycles. The molecular formula is C36H30BrFN4O6S. The lowest BCUT2D eigenvalue weighted by molar-refractivity contribution is -0.151. The second-order valence-electron chi connectivity index (χ2n) is 10.5. The van der Waals surface area contributed by atoms with E-state index in [1.807, 2.05) is 42.5 Å². The molecule has 3 heterocycles. The van der Waals surface area contributed by atoms with Crippen molar-refractivity contribution in [2.45, 2.75) is 26.1 Å². The summed E-state index contributed by atoms with van der Waals surface area (Å²) >= 11 is 5.06. The first-order chi connectivity index (χ1) is 23.9. The number of nitrogens with zero attached hydrogens (tertiary/aromatic N) is 4. The monoisotopic (exact) mass is 744 g/mol. The molecule has 49 heavy (non-hydrogen) atoms. The molecule has 0 aliphatic heterocycles. The second-order valence-corrected chi connectivity index (χ2v) is 12.3. The van der Waals surface area contributed by atoms with Gasteiger partial charge in [0.1, 0.15) is 41.7 Å². The minimum Gasteiger partial charge on any atom is -0.490 e. The number of fused-ring (bicyclic) bond motifs is 1. The number of carbonyl (C=O) groups is 1. The van der Waals surface area contributed by atoms with E-state index in [0.717, 1.165) is 10.4 Å². The van der Waals surface area contributed by atoms with E-state index in [0.29, 0.717) is 48.8 Å². The zero-order valence-electron chi connectivity index (χ0n) is 26.2. The van der Waals surface area contributed by atoms with Crippen molar-refractivity contribution in [2.24, 2.45) is 0 Å². The number of esters is 1. The lowest BCUT2D eigenvalue weighted by Gasteiger charge is -2.19. The Morgan fingerprint density at radius 3 is 2.53 bits per heavy atom. The summed E-state index contributed by atoms with van der Waals surface area (Å²) in [6.45, 7) is 2.05. The van der Waals surface area contributed by atoms with E-state index in [1.54, 1.807) is 37.4 Å². The van der Waals surface area contributed by atoms with E-state index in [1.165, 1.54) is 29.8 Å². The van der Waals surface area contributed by atoms with Crippen molar-refractivity contribution in [1.82, 2.24) is 19.9 Å². The summed E-state index contributed by atoms with van der Waals surface area (Å²) in [5, 5.41) is 9.79. The van der Waals surface area contributed by atoms with E-state index >= 15 is 0 Å². The van der Waals surface area contributed by atoms with Gasteiger partial charge >= 0.3 is 5.97 Å². The fourth-order valence-electron chi connectivity index (χ4n) is 5.00. The van der Waals surface area contributed by atoms with Crippen molar-refractivity contribution in [2.75, 3.05) is 19.8 Å². The highest BCUT2D eigenvalue weighted by Crippen LogP contribution is 2.44. The maximum absolute atomic E-state index is 13.6. The van der Waals surface area contributed by atoms with Crippen LogP contribution >= 0.6 is 27.3 Å². The van der Waals surface area contributed by atoms with Gasteiger partial charge in [0.05, 0.1) is 39.2 Å². The smallest absolute Gasteiger partial charge is 0.347 e. The molecule has 0 aliphatic rings. The van der Waals surface area contributed by atoms with Crippen LogP contribution in [0.1, 0.15) is 18.2 Å². The highest BCUT2D eigenvalue weighted by molar-refractivity contribution is 9.10. The van der Waals surface area contributed by atoms with Crippen LogP contribution in [0.2, 0.25) is 0 Å². The SMILES string of the molecule is CCOC(=O)[C@@H](Cc1ccccc1OCc1ccnc(-c2ccccc2OCCO)n1)Oc1ncnc2sc(-c3ccc(F)cc3)c(Br)c12. The van der Waals surface area contributed by atoms with Gasteiger partial charge in [0, 0.05) is 12.6 Å². The third kappa shape index (κ3) is 8.02. The van der Waals surface area contributed by atoms with Gasteiger partial charge in [-0.1, -0.05) is 42.5 Å². The summed E-state index contributed by atoms with van der Waals surface area (Å²) in [5.41, 5.74) is 2.82. The number of carbonyl (C=O) groups excluding carboxylic acids is 1. The summed E-state index contributed by atoms with van der Waals surface area (Å²) < 4.78 is 37.9. The van der Waals surface area contributed by atoms with Crippen LogP contribution in [-0.2, 0) is 22.6 Å². The first-order valence-corrected chi connectivity index (χ1v) is 16.9. The number of rotatable bonds is 14. The third-order valence-corrected chi connectivity index (χ3v) is 9.45. The minimum atomic E-state index is -1.06. The Kier molecular flexibility index (Phi) is 11.0. The fraction of sp³-hybridized carbons (Fsp3) is 0.194. The quantitative estimate of drug-likeness (QED) is 0.114. The van der Waals surface area contributed by atoms with Gasteiger partial charge in [-0.05, 0) is 70.4 Å². The largest absolute Gasteiger partial charge is 0.490 e. The summed E-state index contributed by atoms with van der Waals surface area (Å²) in [6, 6.07) is 22.6. The number of aliphatic hydroxyl groups excluding tert-OH is 1. The molecule has 3 aromatic carbocycles. The predicted octanol–water partition coefficient (Wildman–Crippen LogP) is 7.22. The van der Waals surface area contributed by atoms with Gasteiger partial charge < -0.3 is 24.1 Å². The molecule has 0 fully saturated rings. The van der Waals surface area contributed by atoms with E-state index in [9.17, 15) is 14.3 Å². The van der Waals surface area contributed by atoms with Crippen molar-refractivity contribution in [3.05, 3.63) is 113 Å². The van der Waals surface area contributed by atoms with Crippen LogP contribution in [0.15, 0.2) is 95.9 Å². The number of aromatic nitrogens is 4. The van der Waals surface area contributed by atoms with Gasteiger partial charge in [0.15, 0.2) is 5.82 Å². The number of ether oxygens (including phenoxy) is 4. The maximum Gasteiger partial charge on any atom is 0.347 e. The van der Waals surface area contributed by atoms with Gasteiger partial charge in [0.2, 0.25) is 12.0 Å². The van der Waals surface area contributed by atoms with Crippen molar-refractivity contribution in [1.29, 1.82) is 0 Å². The topological polar surface area (TPSA) is 126 Å². The summed E-state index contributed by atoms with van der Waals surface area (Å²) in [6.07, 6.45) is 2.08. The molecule has 13 heteroatoms. The first-order valence-electron chi connectivity index (χ1n) is 15.3. The average molecular weight is 746 g/mol. The van der Waals surface area contributed by atoms with Gasteiger partial charge in [-0.25, -0.2) is 29.1 Å². The molecule has 0 bridgehead atoms. The van der Waals surface area contributed by atoms with E-state index < -0.39 is 12.1 Å². The molecule has 0 radical (unpaired) electrons. The number of hydrogen-bond acceptors (Lipinski definition) is 11. The summed E-state index contributed by atoms with van der Waals surface area (Å²) in [7, 11) is 0. The molecule has 10 nitrogen and oxygen atoms in total. The summed E-state index contributed by atoms with van der Waals surface area (Å²) in [5.74, 6) is 0.866. The van der Waals surface area contributed by atoms with Crippen molar-refractivity contribution in [3.8, 4) is 39.2 Å². The van der Waals surface area contributed by atoms with Crippen LogP contribution in [0.3, 0.4) is 0 Å². The first kappa shape index (κ1) is 33.9.